The van der Waals surface area contributed by atoms with Crippen LogP contribution >= 0.6 is 12.2 Å². The molecule has 1 saturated heterocycles. The van der Waals surface area contributed by atoms with Crippen LogP contribution in [0, 0.1) is 0 Å². The highest BCUT2D eigenvalue weighted by Crippen LogP contribution is 2.25. The molecule has 1 fully saturated rings. The predicted molar refractivity (Wildman–Crippen MR) is 79.0 cm³/mol. The average Bonchev–Trinajstić information content (AvgIpc) is 2.53. The highest BCUT2D eigenvalue weighted by molar-refractivity contribution is 7.92. The summed E-state index contributed by atoms with van der Waals surface area (Å²) in [6.07, 6.45) is 5.39. The molecule has 0 radical (unpaired) electrons. The van der Waals surface area contributed by atoms with Gasteiger partial charge in [0.2, 0.25) is 10.0 Å². The second-order valence-corrected chi connectivity index (χ2v) is 7.41. The molecule has 1 aliphatic rings. The van der Waals surface area contributed by atoms with Gasteiger partial charge >= 0.3 is 0 Å². The zero-order chi connectivity index (χ0) is 13.8. The quantitative estimate of drug-likeness (QED) is 0.788. The van der Waals surface area contributed by atoms with Crippen LogP contribution in [0.3, 0.4) is 0 Å². The van der Waals surface area contributed by atoms with Crippen LogP contribution in [0.4, 0.5) is 0 Å². The van der Waals surface area contributed by atoms with E-state index in [0.717, 1.165) is 32.1 Å². The molecule has 0 aromatic carbocycles. The van der Waals surface area contributed by atoms with Crippen molar-refractivity contribution in [3.8, 4) is 0 Å². The van der Waals surface area contributed by atoms with Gasteiger partial charge in [-0.2, -0.15) is 4.31 Å². The van der Waals surface area contributed by atoms with Crippen molar-refractivity contribution in [1.82, 2.24) is 4.31 Å². The summed E-state index contributed by atoms with van der Waals surface area (Å²) in [6, 6.07) is 0.112. The molecule has 1 aliphatic heterocycles. The van der Waals surface area contributed by atoms with Gasteiger partial charge in [0.05, 0.1) is 4.99 Å². The molecule has 0 aromatic heterocycles. The molecular weight excluding hydrogens is 268 g/mol. The first kappa shape index (κ1) is 15.9. The Morgan fingerprint density at radius 2 is 2.06 bits per heavy atom. The summed E-state index contributed by atoms with van der Waals surface area (Å²) in [4.78, 5) is 0.0941. The smallest absolute Gasteiger partial charge is 0.223 e. The van der Waals surface area contributed by atoms with E-state index in [1.54, 1.807) is 4.31 Å². The number of nitrogens with zero attached hydrogens (tertiary/aromatic N) is 1. The van der Waals surface area contributed by atoms with Crippen LogP contribution in [0.5, 0.6) is 0 Å². The van der Waals surface area contributed by atoms with Gasteiger partial charge in [0.15, 0.2) is 0 Å². The molecule has 0 aromatic rings. The third-order valence-electron chi connectivity index (χ3n) is 3.67. The minimum absolute atomic E-state index is 0.0941. The van der Waals surface area contributed by atoms with Crippen molar-refractivity contribution in [2.45, 2.75) is 63.7 Å². The van der Waals surface area contributed by atoms with Crippen LogP contribution in [0.15, 0.2) is 0 Å². The molecule has 2 unspecified atom stereocenters. The number of hydrogen-bond acceptors (Lipinski definition) is 3. The van der Waals surface area contributed by atoms with Gasteiger partial charge in [0, 0.05) is 12.6 Å². The molecule has 1 rings (SSSR count). The fraction of sp³-hybridized carbons (Fsp3) is 0.917. The van der Waals surface area contributed by atoms with E-state index in [0.29, 0.717) is 13.0 Å². The first-order chi connectivity index (χ1) is 8.45. The number of thiocarbonyl (C=S) groups is 1. The largest absolute Gasteiger partial charge is 0.392 e. The lowest BCUT2D eigenvalue weighted by Crippen LogP contribution is -2.48. The Balaban J connectivity index is 3.02. The number of hydrogen-bond donors (Lipinski definition) is 1. The monoisotopic (exact) mass is 292 g/mol. The standard InChI is InChI=1S/C12H24N2O2S2/c1-3-10-8-6-5-7-9-14(10)18(15,16)11(4-2)12(13)17/h10-11H,3-9H2,1-2H3,(H2,13,17). The number of rotatable bonds is 5. The van der Waals surface area contributed by atoms with Crippen molar-refractivity contribution in [3.63, 3.8) is 0 Å². The van der Waals surface area contributed by atoms with Crippen molar-refractivity contribution < 1.29 is 8.42 Å². The first-order valence-corrected chi connectivity index (χ1v) is 8.66. The summed E-state index contributed by atoms with van der Waals surface area (Å²) in [6.45, 7) is 4.47. The Labute approximate surface area is 116 Å². The maximum Gasteiger partial charge on any atom is 0.223 e. The Bertz CT molecular complexity index is 382. The van der Waals surface area contributed by atoms with Gasteiger partial charge in [-0.25, -0.2) is 8.42 Å². The van der Waals surface area contributed by atoms with Crippen LogP contribution < -0.4 is 5.73 Å². The second kappa shape index (κ2) is 6.82. The summed E-state index contributed by atoms with van der Waals surface area (Å²) >= 11 is 4.91. The van der Waals surface area contributed by atoms with E-state index in [2.05, 4.69) is 0 Å². The van der Waals surface area contributed by atoms with E-state index in [1.165, 1.54) is 0 Å². The van der Waals surface area contributed by atoms with E-state index < -0.39 is 15.3 Å². The van der Waals surface area contributed by atoms with Crippen LogP contribution in [-0.2, 0) is 10.0 Å². The topological polar surface area (TPSA) is 63.4 Å². The Morgan fingerprint density at radius 3 is 2.56 bits per heavy atom. The van der Waals surface area contributed by atoms with Crippen molar-refractivity contribution >= 4 is 27.2 Å². The molecule has 2 N–H and O–H groups in total. The Hall–Kier alpha value is -0.200. The Morgan fingerprint density at radius 1 is 1.39 bits per heavy atom. The normalized spacial score (nSPS) is 24.4. The van der Waals surface area contributed by atoms with Gasteiger partial charge < -0.3 is 5.73 Å². The first-order valence-electron chi connectivity index (χ1n) is 6.75. The molecule has 6 heteroatoms. The third-order valence-corrected chi connectivity index (χ3v) is 6.54. The van der Waals surface area contributed by atoms with Gasteiger partial charge in [0.1, 0.15) is 5.25 Å². The Kier molecular flexibility index (Phi) is 6.01. The lowest BCUT2D eigenvalue weighted by molar-refractivity contribution is 0.313. The summed E-state index contributed by atoms with van der Waals surface area (Å²) in [5, 5.41) is -0.709. The van der Waals surface area contributed by atoms with Crippen LogP contribution in [0.25, 0.3) is 0 Å². The molecule has 0 spiro atoms. The highest BCUT2D eigenvalue weighted by Gasteiger charge is 2.36. The molecule has 0 bridgehead atoms. The summed E-state index contributed by atoms with van der Waals surface area (Å²) in [7, 11) is -3.39. The van der Waals surface area contributed by atoms with E-state index in [4.69, 9.17) is 18.0 Å². The lowest BCUT2D eigenvalue weighted by atomic mass is 10.1. The lowest BCUT2D eigenvalue weighted by Gasteiger charge is -2.31. The predicted octanol–water partition coefficient (Wildman–Crippen LogP) is 2.04. The van der Waals surface area contributed by atoms with Crippen LogP contribution in [0.1, 0.15) is 52.4 Å². The van der Waals surface area contributed by atoms with Crippen LogP contribution in [-0.4, -0.2) is 35.5 Å². The van der Waals surface area contributed by atoms with Crippen molar-refractivity contribution in [1.29, 1.82) is 0 Å². The molecule has 0 saturated carbocycles. The molecule has 106 valence electrons. The van der Waals surface area contributed by atoms with Gasteiger partial charge in [-0.1, -0.05) is 38.9 Å². The average molecular weight is 292 g/mol. The summed E-state index contributed by atoms with van der Waals surface area (Å²) < 4.78 is 26.9. The maximum absolute atomic E-state index is 12.6. The fourth-order valence-corrected chi connectivity index (χ4v) is 5.24. The molecule has 18 heavy (non-hydrogen) atoms. The third kappa shape index (κ3) is 3.42. The molecule has 1 heterocycles. The van der Waals surface area contributed by atoms with Crippen molar-refractivity contribution in [2.75, 3.05) is 6.54 Å². The van der Waals surface area contributed by atoms with E-state index in [1.807, 2.05) is 13.8 Å². The minimum atomic E-state index is -3.39. The summed E-state index contributed by atoms with van der Waals surface area (Å²) in [5.41, 5.74) is 5.59. The highest BCUT2D eigenvalue weighted by atomic mass is 32.2. The van der Waals surface area contributed by atoms with Crippen molar-refractivity contribution in [3.05, 3.63) is 0 Å². The zero-order valence-corrected chi connectivity index (χ0v) is 12.9. The minimum Gasteiger partial charge on any atom is -0.392 e. The molecule has 0 amide bonds. The van der Waals surface area contributed by atoms with E-state index >= 15 is 0 Å². The van der Waals surface area contributed by atoms with E-state index in [9.17, 15) is 8.42 Å². The molecule has 2 atom stereocenters. The zero-order valence-electron chi connectivity index (χ0n) is 11.3. The van der Waals surface area contributed by atoms with E-state index in [-0.39, 0.29) is 11.0 Å². The molecule has 4 nitrogen and oxygen atoms in total. The van der Waals surface area contributed by atoms with Crippen molar-refractivity contribution in [2.24, 2.45) is 5.73 Å². The second-order valence-electron chi connectivity index (χ2n) is 4.87. The number of sulfonamides is 1. The fourth-order valence-electron chi connectivity index (χ4n) is 2.62. The SMILES string of the molecule is CCC1CCCCCN1S(=O)(=O)C(CC)C(N)=S. The van der Waals surface area contributed by atoms with Gasteiger partial charge in [-0.3, -0.25) is 0 Å². The maximum atomic E-state index is 12.6. The van der Waals surface area contributed by atoms with Crippen LogP contribution in [0.2, 0.25) is 0 Å². The van der Waals surface area contributed by atoms with Gasteiger partial charge in [0.25, 0.3) is 0 Å². The molecular formula is C12H24N2O2S2. The number of nitrogens with two attached hydrogens (primary N) is 1. The van der Waals surface area contributed by atoms with Gasteiger partial charge in [-0.15, -0.1) is 0 Å². The van der Waals surface area contributed by atoms with Gasteiger partial charge in [-0.05, 0) is 25.7 Å². The summed E-state index contributed by atoms with van der Waals surface area (Å²) in [5.74, 6) is 0. The molecule has 0 aliphatic carbocycles.